The summed E-state index contributed by atoms with van der Waals surface area (Å²) in [5.74, 6) is 1.55. The quantitative estimate of drug-likeness (QED) is 0.900. The van der Waals surface area contributed by atoms with E-state index in [4.69, 9.17) is 4.74 Å². The lowest BCUT2D eigenvalue weighted by Crippen LogP contribution is -2.05. The monoisotopic (exact) mass is 263 g/mol. The Morgan fingerprint density at radius 3 is 2.78 bits per heavy atom. The highest BCUT2D eigenvalue weighted by atomic mass is 32.1. The van der Waals surface area contributed by atoms with Gasteiger partial charge in [-0.05, 0) is 26.0 Å². The Labute approximate surface area is 111 Å². The predicted octanol–water partition coefficient (Wildman–Crippen LogP) is 3.09. The van der Waals surface area contributed by atoms with Crippen molar-refractivity contribution < 1.29 is 4.74 Å². The smallest absolute Gasteiger partial charge is 0.157 e. The van der Waals surface area contributed by atoms with E-state index in [-0.39, 0.29) is 0 Å². The summed E-state index contributed by atoms with van der Waals surface area (Å²) in [4.78, 5) is 11.4. The highest BCUT2D eigenvalue weighted by molar-refractivity contribution is 7.15. The van der Waals surface area contributed by atoms with Gasteiger partial charge in [-0.25, -0.2) is 9.97 Å². The Morgan fingerprint density at radius 2 is 2.17 bits per heavy atom. The molecule has 2 aromatic rings. The van der Waals surface area contributed by atoms with Crippen molar-refractivity contribution >= 4 is 17.2 Å². The van der Waals surface area contributed by atoms with Gasteiger partial charge in [0.1, 0.15) is 12.4 Å². The Bertz CT molecular complexity index is 500. The molecule has 0 spiro atoms. The van der Waals surface area contributed by atoms with Crippen molar-refractivity contribution in [1.29, 1.82) is 0 Å². The molecular weight excluding hydrogens is 246 g/mol. The molecule has 96 valence electrons. The molecule has 5 heteroatoms. The van der Waals surface area contributed by atoms with Gasteiger partial charge in [0.25, 0.3) is 0 Å². The van der Waals surface area contributed by atoms with Crippen molar-refractivity contribution in [1.82, 2.24) is 9.97 Å². The first-order chi connectivity index (χ1) is 8.72. The van der Waals surface area contributed by atoms with Crippen molar-refractivity contribution in [2.45, 2.75) is 20.5 Å². The maximum Gasteiger partial charge on any atom is 0.157 e. The number of ether oxygens (including phenoxy) is 1. The molecule has 2 rings (SSSR count). The molecule has 0 unspecified atom stereocenters. The molecule has 2 aromatic heterocycles. The Balaban J connectivity index is 2.39. The number of hydrogen-bond acceptors (Lipinski definition) is 5. The Kier molecular flexibility index (Phi) is 4.28. The normalized spacial score (nSPS) is 10.6. The highest BCUT2D eigenvalue weighted by Crippen LogP contribution is 2.27. The zero-order valence-electron chi connectivity index (χ0n) is 10.9. The molecule has 0 aromatic carbocycles. The largest absolute Gasteiger partial charge is 0.377 e. The van der Waals surface area contributed by atoms with Crippen molar-refractivity contribution in [2.24, 2.45) is 0 Å². The number of thiophene rings is 1. The summed E-state index contributed by atoms with van der Waals surface area (Å²) in [7, 11) is 1.65. The standard InChI is InChI=1S/C13H17N3OS/c1-4-14-12-7-10(11-6-5-9(2)18-11)15-13(16-12)8-17-3/h5-7H,4,8H2,1-3H3,(H,14,15,16). The molecule has 0 bridgehead atoms. The van der Waals surface area contributed by atoms with Gasteiger partial charge in [-0.2, -0.15) is 0 Å². The molecule has 4 nitrogen and oxygen atoms in total. The first-order valence-corrected chi connectivity index (χ1v) is 6.72. The number of hydrogen-bond donors (Lipinski definition) is 1. The van der Waals surface area contributed by atoms with Crippen LogP contribution in [0.5, 0.6) is 0 Å². The second kappa shape index (κ2) is 5.93. The molecule has 0 amide bonds. The predicted molar refractivity (Wildman–Crippen MR) is 75.0 cm³/mol. The van der Waals surface area contributed by atoms with Gasteiger partial charge in [-0.15, -0.1) is 11.3 Å². The number of nitrogens with zero attached hydrogens (tertiary/aromatic N) is 2. The minimum Gasteiger partial charge on any atom is -0.377 e. The fourth-order valence-electron chi connectivity index (χ4n) is 1.66. The van der Waals surface area contributed by atoms with E-state index in [2.05, 4.69) is 34.3 Å². The van der Waals surface area contributed by atoms with Crippen LogP contribution >= 0.6 is 11.3 Å². The molecule has 0 saturated carbocycles. The summed E-state index contributed by atoms with van der Waals surface area (Å²) < 4.78 is 5.11. The lowest BCUT2D eigenvalue weighted by molar-refractivity contribution is 0.178. The summed E-state index contributed by atoms with van der Waals surface area (Å²) >= 11 is 1.74. The van der Waals surface area contributed by atoms with E-state index < -0.39 is 0 Å². The lowest BCUT2D eigenvalue weighted by Gasteiger charge is -2.07. The summed E-state index contributed by atoms with van der Waals surface area (Å²) in [5, 5.41) is 3.22. The molecule has 0 aliphatic carbocycles. The Hall–Kier alpha value is -1.46. The van der Waals surface area contributed by atoms with E-state index in [0.717, 1.165) is 22.9 Å². The molecule has 0 aliphatic heterocycles. The van der Waals surface area contributed by atoms with Gasteiger partial charge in [0.2, 0.25) is 0 Å². The number of anilines is 1. The topological polar surface area (TPSA) is 47.0 Å². The zero-order chi connectivity index (χ0) is 13.0. The van der Waals surface area contributed by atoms with Gasteiger partial charge in [0, 0.05) is 24.6 Å². The summed E-state index contributed by atoms with van der Waals surface area (Å²) in [5.41, 5.74) is 0.950. The van der Waals surface area contributed by atoms with E-state index in [9.17, 15) is 0 Å². The SMILES string of the molecule is CCNc1cc(-c2ccc(C)s2)nc(COC)n1. The van der Waals surface area contributed by atoms with Gasteiger partial charge >= 0.3 is 0 Å². The van der Waals surface area contributed by atoms with Gasteiger partial charge < -0.3 is 10.1 Å². The van der Waals surface area contributed by atoms with Crippen LogP contribution in [0.15, 0.2) is 18.2 Å². The summed E-state index contributed by atoms with van der Waals surface area (Å²) in [6, 6.07) is 6.17. The van der Waals surface area contributed by atoms with Crippen LogP contribution in [0.2, 0.25) is 0 Å². The van der Waals surface area contributed by atoms with Crippen LogP contribution in [-0.2, 0) is 11.3 Å². The van der Waals surface area contributed by atoms with E-state index in [0.29, 0.717) is 12.4 Å². The van der Waals surface area contributed by atoms with Crippen LogP contribution in [0.3, 0.4) is 0 Å². The fraction of sp³-hybridized carbons (Fsp3) is 0.385. The first kappa shape index (κ1) is 13.0. The van der Waals surface area contributed by atoms with Crippen LogP contribution in [-0.4, -0.2) is 23.6 Å². The highest BCUT2D eigenvalue weighted by Gasteiger charge is 2.08. The lowest BCUT2D eigenvalue weighted by atomic mass is 10.3. The van der Waals surface area contributed by atoms with E-state index >= 15 is 0 Å². The minimum absolute atomic E-state index is 0.427. The van der Waals surface area contributed by atoms with Crippen LogP contribution in [0.4, 0.5) is 5.82 Å². The first-order valence-electron chi connectivity index (χ1n) is 5.90. The number of rotatable bonds is 5. The summed E-state index contributed by atoms with van der Waals surface area (Å²) in [6.07, 6.45) is 0. The van der Waals surface area contributed by atoms with Crippen LogP contribution in [0.1, 0.15) is 17.6 Å². The van der Waals surface area contributed by atoms with E-state index in [1.165, 1.54) is 4.88 Å². The van der Waals surface area contributed by atoms with Crippen molar-refractivity contribution in [3.8, 4) is 10.6 Å². The summed E-state index contributed by atoms with van der Waals surface area (Å²) in [6.45, 7) is 5.41. The van der Waals surface area contributed by atoms with Crippen LogP contribution in [0, 0.1) is 6.92 Å². The third-order valence-corrected chi connectivity index (χ3v) is 3.42. The molecule has 1 N–H and O–H groups in total. The van der Waals surface area contributed by atoms with E-state index in [1.54, 1.807) is 18.4 Å². The molecule has 0 aliphatic rings. The molecule has 18 heavy (non-hydrogen) atoms. The average Bonchev–Trinajstić information content (AvgIpc) is 2.76. The van der Waals surface area contributed by atoms with Crippen LogP contribution in [0.25, 0.3) is 10.6 Å². The third-order valence-electron chi connectivity index (χ3n) is 2.40. The third kappa shape index (κ3) is 3.05. The number of nitrogens with one attached hydrogen (secondary N) is 1. The van der Waals surface area contributed by atoms with Gasteiger partial charge in [0.15, 0.2) is 5.82 Å². The number of methoxy groups -OCH3 is 1. The van der Waals surface area contributed by atoms with Crippen molar-refractivity contribution in [3.05, 3.63) is 28.9 Å². The average molecular weight is 263 g/mol. The Morgan fingerprint density at radius 1 is 1.33 bits per heavy atom. The maximum absolute atomic E-state index is 5.11. The molecule has 0 saturated heterocycles. The molecule has 2 heterocycles. The van der Waals surface area contributed by atoms with E-state index in [1.807, 2.05) is 13.0 Å². The maximum atomic E-state index is 5.11. The second-order valence-electron chi connectivity index (χ2n) is 3.93. The van der Waals surface area contributed by atoms with Crippen molar-refractivity contribution in [2.75, 3.05) is 19.0 Å². The second-order valence-corrected chi connectivity index (χ2v) is 5.22. The molecule has 0 fully saturated rings. The number of aromatic nitrogens is 2. The van der Waals surface area contributed by atoms with Gasteiger partial charge in [-0.3, -0.25) is 0 Å². The van der Waals surface area contributed by atoms with Crippen LogP contribution < -0.4 is 5.32 Å². The number of aryl methyl sites for hydroxylation is 1. The van der Waals surface area contributed by atoms with Gasteiger partial charge in [0.05, 0.1) is 10.6 Å². The molecular formula is C13H17N3OS. The zero-order valence-corrected chi connectivity index (χ0v) is 11.7. The molecule has 0 atom stereocenters. The van der Waals surface area contributed by atoms with Gasteiger partial charge in [-0.1, -0.05) is 0 Å². The fourth-order valence-corrected chi connectivity index (χ4v) is 2.49. The minimum atomic E-state index is 0.427. The van der Waals surface area contributed by atoms with Crippen molar-refractivity contribution in [3.63, 3.8) is 0 Å². The molecule has 0 radical (unpaired) electrons.